The van der Waals surface area contributed by atoms with Crippen molar-refractivity contribution < 1.29 is 4.52 Å². The van der Waals surface area contributed by atoms with Crippen molar-refractivity contribution in [1.82, 2.24) is 15.3 Å². The van der Waals surface area contributed by atoms with E-state index in [4.69, 9.17) is 0 Å². The van der Waals surface area contributed by atoms with Crippen LogP contribution in [0.3, 0.4) is 0 Å². The highest BCUT2D eigenvalue weighted by atomic mass is 15.4. The standard InChI is InChI=1S/C15H14N6/c1-2-6-12-11(4-1)5-3-7-13(12)17-18-14-8-9-15-19-16-10-21(15)20-14/h1-2,4,6,8-10H,3,5,7H2,(H,18,20)/p+1. The predicted octanol–water partition coefficient (Wildman–Crippen LogP) is 1.70. The zero-order valence-corrected chi connectivity index (χ0v) is 11.5. The molecule has 0 aliphatic heterocycles. The molecule has 0 bridgehead atoms. The van der Waals surface area contributed by atoms with Gasteiger partial charge < -0.3 is 0 Å². The summed E-state index contributed by atoms with van der Waals surface area (Å²) in [5.74, 6) is 0.699. The van der Waals surface area contributed by atoms with Crippen molar-refractivity contribution in [1.29, 1.82) is 0 Å². The van der Waals surface area contributed by atoms with Crippen LogP contribution in [0, 0.1) is 0 Å². The Morgan fingerprint density at radius 3 is 3.10 bits per heavy atom. The molecule has 0 saturated carbocycles. The first-order valence-corrected chi connectivity index (χ1v) is 7.03. The van der Waals surface area contributed by atoms with Gasteiger partial charge in [-0.2, -0.15) is 5.10 Å². The number of nitrogens with one attached hydrogen (secondary N) is 2. The fourth-order valence-corrected chi connectivity index (χ4v) is 2.66. The van der Waals surface area contributed by atoms with Gasteiger partial charge in [-0.1, -0.05) is 29.4 Å². The van der Waals surface area contributed by atoms with Crippen molar-refractivity contribution in [3.05, 3.63) is 53.9 Å². The summed E-state index contributed by atoms with van der Waals surface area (Å²) in [7, 11) is 0. The molecule has 2 N–H and O–H groups in total. The maximum atomic E-state index is 4.55. The smallest absolute Gasteiger partial charge is 0.259 e. The largest absolute Gasteiger partial charge is 0.325 e. The highest BCUT2D eigenvalue weighted by Crippen LogP contribution is 2.21. The molecule has 0 radical (unpaired) electrons. The Bertz CT molecular complexity index is 820. The van der Waals surface area contributed by atoms with E-state index in [9.17, 15) is 0 Å². The third-order valence-corrected chi connectivity index (χ3v) is 3.69. The predicted molar refractivity (Wildman–Crippen MR) is 79.1 cm³/mol. The second-order valence-electron chi connectivity index (χ2n) is 5.07. The van der Waals surface area contributed by atoms with Gasteiger partial charge in [-0.25, -0.2) is 0 Å². The number of aryl methyl sites for hydroxylation is 1. The molecule has 1 aliphatic carbocycles. The Hall–Kier alpha value is -2.76. The fourth-order valence-electron chi connectivity index (χ4n) is 2.66. The van der Waals surface area contributed by atoms with Crippen LogP contribution < -0.4 is 9.94 Å². The van der Waals surface area contributed by atoms with Gasteiger partial charge in [-0.05, 0) is 30.9 Å². The van der Waals surface area contributed by atoms with Crippen molar-refractivity contribution in [2.24, 2.45) is 5.10 Å². The van der Waals surface area contributed by atoms with Gasteiger partial charge in [0.15, 0.2) is 5.82 Å². The van der Waals surface area contributed by atoms with Gasteiger partial charge >= 0.3 is 5.65 Å². The van der Waals surface area contributed by atoms with Crippen LogP contribution in [-0.4, -0.2) is 21.0 Å². The third kappa shape index (κ3) is 2.24. The molecule has 2 heterocycles. The van der Waals surface area contributed by atoms with E-state index in [0.717, 1.165) is 30.6 Å². The molecule has 0 amide bonds. The van der Waals surface area contributed by atoms with E-state index < -0.39 is 0 Å². The molecule has 0 unspecified atom stereocenters. The Morgan fingerprint density at radius 1 is 1.14 bits per heavy atom. The Labute approximate surface area is 121 Å². The van der Waals surface area contributed by atoms with E-state index in [0.29, 0.717) is 5.82 Å². The van der Waals surface area contributed by atoms with Gasteiger partial charge in [0, 0.05) is 16.7 Å². The quantitative estimate of drug-likeness (QED) is 0.554. The number of fused-ring (bicyclic) bond motifs is 2. The summed E-state index contributed by atoms with van der Waals surface area (Å²) in [6, 6.07) is 12.2. The second kappa shape index (κ2) is 4.97. The summed E-state index contributed by atoms with van der Waals surface area (Å²) >= 11 is 0. The van der Waals surface area contributed by atoms with E-state index in [1.54, 1.807) is 10.8 Å². The fraction of sp³-hybridized carbons (Fsp3) is 0.200. The van der Waals surface area contributed by atoms with E-state index in [2.05, 4.69) is 50.1 Å². The monoisotopic (exact) mass is 279 g/mol. The van der Waals surface area contributed by atoms with Gasteiger partial charge in [0.05, 0.1) is 5.71 Å². The van der Waals surface area contributed by atoms with Crippen molar-refractivity contribution >= 4 is 17.2 Å². The van der Waals surface area contributed by atoms with Crippen LogP contribution in [0.2, 0.25) is 0 Å². The van der Waals surface area contributed by atoms with Gasteiger partial charge in [0.25, 0.3) is 0 Å². The molecular formula is C15H15N6+. The minimum atomic E-state index is 0.699. The molecule has 104 valence electrons. The molecule has 3 aromatic rings. The van der Waals surface area contributed by atoms with E-state index in [1.165, 1.54) is 11.1 Å². The van der Waals surface area contributed by atoms with Crippen molar-refractivity contribution in [2.45, 2.75) is 19.3 Å². The van der Waals surface area contributed by atoms with Crippen LogP contribution in [0.5, 0.6) is 0 Å². The molecule has 0 spiro atoms. The van der Waals surface area contributed by atoms with Gasteiger partial charge in [0.2, 0.25) is 6.33 Å². The summed E-state index contributed by atoms with van der Waals surface area (Å²) in [6.45, 7) is 0. The van der Waals surface area contributed by atoms with Crippen molar-refractivity contribution in [3.63, 3.8) is 0 Å². The number of anilines is 1. The third-order valence-electron chi connectivity index (χ3n) is 3.69. The highest BCUT2D eigenvalue weighted by Gasteiger charge is 2.14. The van der Waals surface area contributed by atoms with Gasteiger partial charge in [-0.3, -0.25) is 5.43 Å². The molecule has 1 aliphatic rings. The zero-order valence-electron chi connectivity index (χ0n) is 11.5. The second-order valence-corrected chi connectivity index (χ2v) is 5.07. The molecule has 2 aromatic heterocycles. The van der Waals surface area contributed by atoms with E-state index >= 15 is 0 Å². The maximum Gasteiger partial charge on any atom is 0.325 e. The number of nitrogens with zero attached hydrogens (tertiary/aromatic N) is 4. The van der Waals surface area contributed by atoms with Crippen LogP contribution >= 0.6 is 0 Å². The van der Waals surface area contributed by atoms with Crippen LogP contribution in [0.4, 0.5) is 5.82 Å². The van der Waals surface area contributed by atoms with E-state index in [-0.39, 0.29) is 0 Å². The average molecular weight is 279 g/mol. The number of H-pyrrole nitrogens is 1. The summed E-state index contributed by atoms with van der Waals surface area (Å²) < 4.78 is 1.68. The lowest BCUT2D eigenvalue weighted by molar-refractivity contribution is -0.579. The molecule has 4 rings (SSSR count). The van der Waals surface area contributed by atoms with Crippen LogP contribution in [0.25, 0.3) is 5.65 Å². The number of aromatic amines is 1. The molecule has 6 nitrogen and oxygen atoms in total. The lowest BCUT2D eigenvalue weighted by Gasteiger charge is -2.17. The Kier molecular flexibility index (Phi) is 2.85. The topological polar surface area (TPSA) is 70.1 Å². The number of hydrogen-bond donors (Lipinski definition) is 2. The molecule has 0 saturated heterocycles. The highest BCUT2D eigenvalue weighted by molar-refractivity contribution is 6.03. The van der Waals surface area contributed by atoms with Gasteiger partial charge in [0.1, 0.15) is 0 Å². The van der Waals surface area contributed by atoms with E-state index in [1.807, 2.05) is 12.1 Å². The Balaban J connectivity index is 1.63. The number of hydrazone groups is 1. The molecule has 1 aromatic carbocycles. The summed E-state index contributed by atoms with van der Waals surface area (Å²) in [6.07, 6.45) is 4.96. The summed E-state index contributed by atoms with van der Waals surface area (Å²) in [5, 5.41) is 15.7. The number of benzene rings is 1. The molecule has 6 heteroatoms. The van der Waals surface area contributed by atoms with Crippen LogP contribution in [0.1, 0.15) is 24.0 Å². The SMILES string of the molecule is c1ccc2c(c1)CCCC2=NNc1ccc2n[nH]c[n+]2n1. The van der Waals surface area contributed by atoms with Crippen molar-refractivity contribution in [2.75, 3.05) is 5.43 Å². The normalized spacial score (nSPS) is 16.1. The lowest BCUT2D eigenvalue weighted by Crippen LogP contribution is -2.24. The minimum absolute atomic E-state index is 0.699. The maximum absolute atomic E-state index is 4.55. The minimum Gasteiger partial charge on any atom is -0.259 e. The summed E-state index contributed by atoms with van der Waals surface area (Å²) in [5.41, 5.74) is 7.54. The zero-order chi connectivity index (χ0) is 14.1. The average Bonchev–Trinajstić information content (AvgIpc) is 3.00. The molecule has 0 fully saturated rings. The number of rotatable bonds is 2. The first-order chi connectivity index (χ1) is 10.4. The van der Waals surface area contributed by atoms with Crippen LogP contribution in [-0.2, 0) is 6.42 Å². The van der Waals surface area contributed by atoms with Gasteiger partial charge in [-0.15, -0.1) is 9.61 Å². The molecule has 0 atom stereocenters. The number of aromatic nitrogens is 4. The Morgan fingerprint density at radius 2 is 2.10 bits per heavy atom. The van der Waals surface area contributed by atoms with Crippen LogP contribution in [0.15, 0.2) is 47.8 Å². The summed E-state index contributed by atoms with van der Waals surface area (Å²) in [4.78, 5) is 0. The molecule has 21 heavy (non-hydrogen) atoms. The number of hydrogen-bond acceptors (Lipinski definition) is 4. The molecular weight excluding hydrogens is 264 g/mol. The first kappa shape index (κ1) is 12.0. The lowest BCUT2D eigenvalue weighted by atomic mass is 9.90. The first-order valence-electron chi connectivity index (χ1n) is 7.03. The van der Waals surface area contributed by atoms with Crippen molar-refractivity contribution in [3.8, 4) is 0 Å².